The van der Waals surface area contributed by atoms with E-state index < -0.39 is 5.97 Å². The lowest BCUT2D eigenvalue weighted by Crippen LogP contribution is -2.47. The summed E-state index contributed by atoms with van der Waals surface area (Å²) < 4.78 is 0. The fraction of sp³-hybridized carbons (Fsp3) is 0.846. The summed E-state index contributed by atoms with van der Waals surface area (Å²) in [6, 6.07) is -0.347. The van der Waals surface area contributed by atoms with E-state index in [2.05, 4.69) is 19.2 Å². The second-order valence-electron chi connectivity index (χ2n) is 5.42. The molecule has 0 aromatic carbocycles. The monoisotopic (exact) mass is 256 g/mol. The highest BCUT2D eigenvalue weighted by atomic mass is 16.4. The molecule has 2 N–H and O–H groups in total. The number of carboxylic acids is 1. The van der Waals surface area contributed by atoms with E-state index in [4.69, 9.17) is 5.11 Å². The van der Waals surface area contributed by atoms with E-state index in [0.717, 1.165) is 12.8 Å². The van der Waals surface area contributed by atoms with Crippen molar-refractivity contribution in [1.82, 2.24) is 10.2 Å². The highest BCUT2D eigenvalue weighted by Gasteiger charge is 2.34. The van der Waals surface area contributed by atoms with Crippen molar-refractivity contribution < 1.29 is 14.7 Å². The van der Waals surface area contributed by atoms with E-state index in [1.54, 1.807) is 4.90 Å². The van der Waals surface area contributed by atoms with Crippen LogP contribution >= 0.6 is 0 Å². The molecule has 0 aliphatic heterocycles. The van der Waals surface area contributed by atoms with E-state index in [9.17, 15) is 9.59 Å². The fourth-order valence-corrected chi connectivity index (χ4v) is 2.07. The Balaban J connectivity index is 2.50. The van der Waals surface area contributed by atoms with Gasteiger partial charge >= 0.3 is 12.0 Å². The summed E-state index contributed by atoms with van der Waals surface area (Å²) in [7, 11) is 0. The molecule has 1 aliphatic rings. The molecule has 1 rings (SSSR count). The van der Waals surface area contributed by atoms with Gasteiger partial charge in [0.15, 0.2) is 0 Å². The highest BCUT2D eigenvalue weighted by molar-refractivity contribution is 5.76. The van der Waals surface area contributed by atoms with Gasteiger partial charge in [0, 0.05) is 19.1 Å². The Morgan fingerprint density at radius 2 is 2.00 bits per heavy atom. The van der Waals surface area contributed by atoms with E-state index in [-0.39, 0.29) is 18.5 Å². The number of aliphatic carboxylic acids is 1. The largest absolute Gasteiger partial charge is 0.481 e. The summed E-state index contributed by atoms with van der Waals surface area (Å²) >= 11 is 0. The van der Waals surface area contributed by atoms with Crippen molar-refractivity contribution in [3.05, 3.63) is 0 Å². The molecular weight excluding hydrogens is 232 g/mol. The number of urea groups is 1. The van der Waals surface area contributed by atoms with Crippen molar-refractivity contribution in [2.24, 2.45) is 11.8 Å². The second kappa shape index (κ2) is 6.61. The van der Waals surface area contributed by atoms with Gasteiger partial charge in [0.2, 0.25) is 0 Å². The average molecular weight is 256 g/mol. The minimum absolute atomic E-state index is 0.0235. The molecule has 1 saturated carbocycles. The number of carbonyl (C=O) groups is 2. The Morgan fingerprint density at radius 3 is 2.39 bits per heavy atom. The van der Waals surface area contributed by atoms with Crippen LogP contribution in [-0.4, -0.2) is 41.1 Å². The SMILES string of the molecule is CCN(CC(C)C)C(=O)NC(CC(=O)O)C1CC1. The normalized spacial score (nSPS) is 16.4. The Morgan fingerprint density at radius 1 is 1.39 bits per heavy atom. The molecule has 1 fully saturated rings. The third kappa shape index (κ3) is 4.94. The van der Waals surface area contributed by atoms with Crippen LogP contribution in [0.25, 0.3) is 0 Å². The van der Waals surface area contributed by atoms with Gasteiger partial charge in [0.25, 0.3) is 0 Å². The smallest absolute Gasteiger partial charge is 0.317 e. The van der Waals surface area contributed by atoms with Gasteiger partial charge < -0.3 is 15.3 Å². The number of hydrogen-bond acceptors (Lipinski definition) is 2. The molecule has 0 radical (unpaired) electrons. The molecule has 104 valence electrons. The van der Waals surface area contributed by atoms with Crippen molar-refractivity contribution in [2.45, 2.75) is 46.1 Å². The lowest BCUT2D eigenvalue weighted by atomic mass is 10.1. The zero-order valence-electron chi connectivity index (χ0n) is 11.5. The third-order valence-electron chi connectivity index (χ3n) is 3.15. The van der Waals surface area contributed by atoms with Gasteiger partial charge in [-0.25, -0.2) is 4.79 Å². The molecule has 0 saturated heterocycles. The molecule has 0 aromatic heterocycles. The molecule has 1 unspecified atom stereocenters. The summed E-state index contributed by atoms with van der Waals surface area (Å²) in [4.78, 5) is 24.6. The molecule has 5 nitrogen and oxygen atoms in total. The molecule has 1 atom stereocenters. The van der Waals surface area contributed by atoms with E-state index in [0.29, 0.717) is 24.9 Å². The Labute approximate surface area is 109 Å². The summed E-state index contributed by atoms with van der Waals surface area (Å²) in [6.45, 7) is 7.41. The van der Waals surface area contributed by atoms with Crippen LogP contribution in [0.3, 0.4) is 0 Å². The van der Waals surface area contributed by atoms with Crippen LogP contribution < -0.4 is 5.32 Å². The van der Waals surface area contributed by atoms with Crippen LogP contribution in [0.5, 0.6) is 0 Å². The van der Waals surface area contributed by atoms with Crippen LogP contribution in [0.15, 0.2) is 0 Å². The van der Waals surface area contributed by atoms with Crippen LogP contribution in [0, 0.1) is 11.8 Å². The second-order valence-corrected chi connectivity index (χ2v) is 5.42. The molecule has 2 amide bonds. The highest BCUT2D eigenvalue weighted by Crippen LogP contribution is 2.34. The van der Waals surface area contributed by atoms with Crippen molar-refractivity contribution in [3.8, 4) is 0 Å². The van der Waals surface area contributed by atoms with E-state index in [1.807, 2.05) is 6.92 Å². The molecule has 0 heterocycles. The summed E-state index contributed by atoms with van der Waals surface area (Å²) in [5, 5.41) is 11.7. The zero-order chi connectivity index (χ0) is 13.7. The maximum Gasteiger partial charge on any atom is 0.317 e. The van der Waals surface area contributed by atoms with Crippen molar-refractivity contribution in [3.63, 3.8) is 0 Å². The molecular formula is C13H24N2O3. The number of carboxylic acid groups (broad SMARTS) is 1. The van der Waals surface area contributed by atoms with Crippen molar-refractivity contribution in [1.29, 1.82) is 0 Å². The standard InChI is InChI=1S/C13H24N2O3/c1-4-15(8-9(2)3)13(18)14-11(7-12(16)17)10-5-6-10/h9-11H,4-8H2,1-3H3,(H,14,18)(H,16,17). The quantitative estimate of drug-likeness (QED) is 0.731. The number of nitrogens with one attached hydrogen (secondary N) is 1. The minimum Gasteiger partial charge on any atom is -0.481 e. The maximum absolute atomic E-state index is 12.1. The van der Waals surface area contributed by atoms with Gasteiger partial charge in [-0.2, -0.15) is 0 Å². The van der Waals surface area contributed by atoms with Crippen molar-refractivity contribution in [2.75, 3.05) is 13.1 Å². The summed E-state index contributed by atoms with van der Waals surface area (Å²) in [5.41, 5.74) is 0. The van der Waals surface area contributed by atoms with E-state index >= 15 is 0 Å². The molecule has 0 spiro atoms. The Kier molecular flexibility index (Phi) is 5.44. The van der Waals surface area contributed by atoms with Gasteiger partial charge in [-0.1, -0.05) is 13.8 Å². The predicted octanol–water partition coefficient (Wildman–Crippen LogP) is 1.93. The van der Waals surface area contributed by atoms with E-state index in [1.165, 1.54) is 0 Å². The first-order chi connectivity index (χ1) is 8.43. The van der Waals surface area contributed by atoms with Crippen LogP contribution in [-0.2, 0) is 4.79 Å². The zero-order valence-corrected chi connectivity index (χ0v) is 11.5. The molecule has 18 heavy (non-hydrogen) atoms. The maximum atomic E-state index is 12.1. The lowest BCUT2D eigenvalue weighted by Gasteiger charge is -2.26. The molecule has 1 aliphatic carbocycles. The van der Waals surface area contributed by atoms with Gasteiger partial charge in [0.1, 0.15) is 0 Å². The minimum atomic E-state index is -0.848. The molecule has 0 aromatic rings. The van der Waals surface area contributed by atoms with Crippen LogP contribution in [0.1, 0.15) is 40.0 Å². The van der Waals surface area contributed by atoms with Gasteiger partial charge in [-0.3, -0.25) is 4.79 Å². The lowest BCUT2D eigenvalue weighted by molar-refractivity contribution is -0.137. The number of hydrogen-bond donors (Lipinski definition) is 2. The van der Waals surface area contributed by atoms with Crippen LogP contribution in [0.2, 0.25) is 0 Å². The molecule has 5 heteroatoms. The van der Waals surface area contributed by atoms with Crippen molar-refractivity contribution >= 4 is 12.0 Å². The number of amides is 2. The fourth-order valence-electron chi connectivity index (χ4n) is 2.07. The number of carbonyl (C=O) groups excluding carboxylic acids is 1. The summed E-state index contributed by atoms with van der Waals surface area (Å²) in [6.07, 6.45) is 2.07. The first kappa shape index (κ1) is 14.8. The third-order valence-corrected chi connectivity index (χ3v) is 3.15. The van der Waals surface area contributed by atoms with Gasteiger partial charge in [-0.05, 0) is 31.6 Å². The predicted molar refractivity (Wildman–Crippen MR) is 69.4 cm³/mol. The number of nitrogens with zero attached hydrogens (tertiary/aromatic N) is 1. The first-order valence-corrected chi connectivity index (χ1v) is 6.71. The molecule has 0 bridgehead atoms. The summed E-state index contributed by atoms with van der Waals surface area (Å²) in [5.74, 6) is -0.0866. The first-order valence-electron chi connectivity index (χ1n) is 6.71. The Bertz CT molecular complexity index is 301. The average Bonchev–Trinajstić information content (AvgIpc) is 3.07. The Hall–Kier alpha value is -1.26. The topological polar surface area (TPSA) is 69.6 Å². The van der Waals surface area contributed by atoms with Gasteiger partial charge in [0.05, 0.1) is 6.42 Å². The van der Waals surface area contributed by atoms with Gasteiger partial charge in [-0.15, -0.1) is 0 Å². The van der Waals surface area contributed by atoms with Crippen LogP contribution in [0.4, 0.5) is 4.79 Å². The number of rotatable bonds is 7.